The lowest BCUT2D eigenvalue weighted by atomic mass is 10.0. The van der Waals surface area contributed by atoms with E-state index in [4.69, 9.17) is 13.9 Å². The van der Waals surface area contributed by atoms with Crippen LogP contribution in [0.2, 0.25) is 0 Å². The molecule has 2 aliphatic rings. The van der Waals surface area contributed by atoms with Crippen LogP contribution in [0.25, 0.3) is 11.0 Å². The van der Waals surface area contributed by atoms with Crippen molar-refractivity contribution in [3.8, 4) is 0 Å². The molecule has 112 valence electrons. The molecule has 0 amide bonds. The smallest absolute Gasteiger partial charge is 0.181 e. The summed E-state index contributed by atoms with van der Waals surface area (Å²) in [5.41, 5.74) is 0.728. The number of ether oxygens (including phenoxy) is 2. The predicted molar refractivity (Wildman–Crippen MR) is 75.3 cm³/mol. The van der Waals surface area contributed by atoms with Gasteiger partial charge in [0.25, 0.3) is 0 Å². The van der Waals surface area contributed by atoms with Crippen LogP contribution in [-0.2, 0) is 16.0 Å². The third kappa shape index (κ3) is 2.57. The Balaban J connectivity index is 1.51. The van der Waals surface area contributed by atoms with E-state index in [0.29, 0.717) is 19.8 Å². The van der Waals surface area contributed by atoms with Crippen LogP contribution in [0.1, 0.15) is 18.6 Å². The van der Waals surface area contributed by atoms with Crippen LogP contribution in [0.5, 0.6) is 0 Å². The molecule has 21 heavy (non-hydrogen) atoms. The highest BCUT2D eigenvalue weighted by molar-refractivity contribution is 5.77. The molecule has 0 unspecified atom stereocenters. The number of benzene rings is 1. The number of hydrogen-bond donors (Lipinski definition) is 0. The van der Waals surface area contributed by atoms with Gasteiger partial charge >= 0.3 is 0 Å². The summed E-state index contributed by atoms with van der Waals surface area (Å²) in [5, 5.41) is 0.810. The third-order valence-electron chi connectivity index (χ3n) is 4.22. The van der Waals surface area contributed by atoms with Crippen molar-refractivity contribution in [3.05, 3.63) is 35.8 Å². The summed E-state index contributed by atoms with van der Waals surface area (Å²) in [6.45, 7) is 3.82. The SMILES string of the molecule is Fc1ccc2oc(CN3CCCC4(C3)OCCO4)cc2c1. The minimum Gasteiger partial charge on any atom is -0.460 e. The van der Waals surface area contributed by atoms with Crippen LogP contribution in [-0.4, -0.2) is 37.0 Å². The Morgan fingerprint density at radius 3 is 2.90 bits per heavy atom. The average molecular weight is 291 g/mol. The maximum atomic E-state index is 13.2. The molecule has 0 saturated carbocycles. The van der Waals surface area contributed by atoms with Crippen molar-refractivity contribution >= 4 is 11.0 Å². The van der Waals surface area contributed by atoms with E-state index in [-0.39, 0.29) is 5.82 Å². The van der Waals surface area contributed by atoms with Gasteiger partial charge in [0.15, 0.2) is 5.79 Å². The Hall–Kier alpha value is -1.43. The van der Waals surface area contributed by atoms with Crippen molar-refractivity contribution < 1.29 is 18.3 Å². The molecule has 2 aromatic rings. The fraction of sp³-hybridized carbons (Fsp3) is 0.500. The molecule has 1 aromatic carbocycles. The second-order valence-electron chi connectivity index (χ2n) is 5.82. The molecule has 2 fully saturated rings. The number of piperidine rings is 1. The van der Waals surface area contributed by atoms with Gasteiger partial charge in [0, 0.05) is 11.8 Å². The molecule has 1 spiro atoms. The highest BCUT2D eigenvalue weighted by Gasteiger charge is 2.40. The molecule has 0 bridgehead atoms. The van der Waals surface area contributed by atoms with Crippen LogP contribution in [0.15, 0.2) is 28.7 Å². The number of nitrogens with zero attached hydrogens (tertiary/aromatic N) is 1. The largest absolute Gasteiger partial charge is 0.460 e. The third-order valence-corrected chi connectivity index (χ3v) is 4.22. The Labute approximate surface area is 122 Å². The number of halogens is 1. The molecule has 1 aromatic heterocycles. The van der Waals surface area contributed by atoms with Gasteiger partial charge in [-0.3, -0.25) is 4.90 Å². The molecule has 4 nitrogen and oxygen atoms in total. The zero-order chi connectivity index (χ0) is 14.3. The Kier molecular flexibility index (Phi) is 3.21. The van der Waals surface area contributed by atoms with Gasteiger partial charge in [-0.1, -0.05) is 0 Å². The maximum absolute atomic E-state index is 13.2. The van der Waals surface area contributed by atoms with Gasteiger partial charge in [-0.2, -0.15) is 0 Å². The maximum Gasteiger partial charge on any atom is 0.181 e. The summed E-state index contributed by atoms with van der Waals surface area (Å²) in [7, 11) is 0. The molecule has 0 aliphatic carbocycles. The van der Waals surface area contributed by atoms with Gasteiger partial charge in [-0.15, -0.1) is 0 Å². The lowest BCUT2D eigenvalue weighted by Crippen LogP contribution is -2.48. The van der Waals surface area contributed by atoms with Crippen LogP contribution in [0.3, 0.4) is 0 Å². The summed E-state index contributed by atoms with van der Waals surface area (Å²) >= 11 is 0. The van der Waals surface area contributed by atoms with Crippen molar-refractivity contribution in [2.24, 2.45) is 0 Å². The molecular formula is C16H18FNO3. The lowest BCUT2D eigenvalue weighted by Gasteiger charge is -2.38. The predicted octanol–water partition coefficient (Wildman–Crippen LogP) is 2.91. The van der Waals surface area contributed by atoms with Crippen molar-refractivity contribution in [2.45, 2.75) is 25.2 Å². The van der Waals surface area contributed by atoms with E-state index in [1.807, 2.05) is 6.07 Å². The standard InChI is InChI=1S/C16H18FNO3/c17-13-2-3-15-12(8-13)9-14(21-15)10-18-5-1-4-16(11-18)19-6-7-20-16/h2-3,8-9H,1,4-7,10-11H2. The minimum atomic E-state index is -0.420. The topological polar surface area (TPSA) is 34.8 Å². The first-order valence-electron chi connectivity index (χ1n) is 7.41. The molecular weight excluding hydrogens is 273 g/mol. The molecule has 3 heterocycles. The van der Waals surface area contributed by atoms with Crippen molar-refractivity contribution in [1.82, 2.24) is 4.90 Å². The minimum absolute atomic E-state index is 0.237. The monoisotopic (exact) mass is 291 g/mol. The molecule has 0 radical (unpaired) electrons. The molecule has 2 aliphatic heterocycles. The van der Waals surface area contributed by atoms with Gasteiger partial charge in [0.2, 0.25) is 0 Å². The van der Waals surface area contributed by atoms with E-state index in [1.165, 1.54) is 12.1 Å². The summed E-state index contributed by atoms with van der Waals surface area (Å²) in [4.78, 5) is 2.28. The second kappa shape index (κ2) is 5.09. The van der Waals surface area contributed by atoms with Crippen LogP contribution >= 0.6 is 0 Å². The number of furan rings is 1. The Morgan fingerprint density at radius 1 is 1.19 bits per heavy atom. The summed E-state index contributed by atoms with van der Waals surface area (Å²) in [6, 6.07) is 6.51. The van der Waals surface area contributed by atoms with Crippen molar-refractivity contribution in [3.63, 3.8) is 0 Å². The lowest BCUT2D eigenvalue weighted by molar-refractivity contribution is -0.190. The van der Waals surface area contributed by atoms with Gasteiger partial charge in [0.1, 0.15) is 17.2 Å². The van der Waals surface area contributed by atoms with E-state index >= 15 is 0 Å². The van der Waals surface area contributed by atoms with E-state index in [0.717, 1.165) is 42.7 Å². The fourth-order valence-corrected chi connectivity index (χ4v) is 3.31. The molecule has 0 N–H and O–H groups in total. The first-order chi connectivity index (χ1) is 10.2. The number of hydrogen-bond acceptors (Lipinski definition) is 4. The van der Waals surface area contributed by atoms with E-state index in [2.05, 4.69) is 4.90 Å². The molecule has 5 heteroatoms. The summed E-state index contributed by atoms with van der Waals surface area (Å²) in [5.74, 6) is 0.196. The Morgan fingerprint density at radius 2 is 2.05 bits per heavy atom. The highest BCUT2D eigenvalue weighted by atomic mass is 19.1. The Bertz CT molecular complexity index is 648. The van der Waals surface area contributed by atoms with Crippen molar-refractivity contribution in [2.75, 3.05) is 26.3 Å². The number of rotatable bonds is 2. The fourth-order valence-electron chi connectivity index (χ4n) is 3.31. The zero-order valence-corrected chi connectivity index (χ0v) is 11.8. The van der Waals surface area contributed by atoms with Crippen molar-refractivity contribution in [1.29, 1.82) is 0 Å². The highest BCUT2D eigenvalue weighted by Crippen LogP contribution is 2.31. The molecule has 0 atom stereocenters. The second-order valence-corrected chi connectivity index (χ2v) is 5.82. The number of fused-ring (bicyclic) bond motifs is 1. The average Bonchev–Trinajstić information content (AvgIpc) is 3.05. The quantitative estimate of drug-likeness (QED) is 0.852. The first kappa shape index (κ1) is 13.2. The van der Waals surface area contributed by atoms with Crippen LogP contribution in [0.4, 0.5) is 4.39 Å². The summed E-state index contributed by atoms with van der Waals surface area (Å²) in [6.07, 6.45) is 2.00. The van der Waals surface area contributed by atoms with Crippen LogP contribution in [0, 0.1) is 5.82 Å². The zero-order valence-electron chi connectivity index (χ0n) is 11.8. The normalized spacial score (nSPS) is 22.3. The van der Waals surface area contributed by atoms with Gasteiger partial charge in [-0.05, 0) is 37.2 Å². The van der Waals surface area contributed by atoms with E-state index in [1.54, 1.807) is 6.07 Å². The van der Waals surface area contributed by atoms with E-state index < -0.39 is 5.79 Å². The summed E-state index contributed by atoms with van der Waals surface area (Å²) < 4.78 is 30.6. The van der Waals surface area contributed by atoms with Gasteiger partial charge in [-0.25, -0.2) is 4.39 Å². The van der Waals surface area contributed by atoms with Gasteiger partial charge < -0.3 is 13.9 Å². The molecule has 2 saturated heterocycles. The number of likely N-dealkylation sites (tertiary alicyclic amines) is 1. The van der Waals surface area contributed by atoms with Gasteiger partial charge in [0.05, 0.1) is 26.3 Å². The van der Waals surface area contributed by atoms with Crippen LogP contribution < -0.4 is 0 Å². The van der Waals surface area contributed by atoms with E-state index in [9.17, 15) is 4.39 Å². The first-order valence-corrected chi connectivity index (χ1v) is 7.41. The molecule has 4 rings (SSSR count).